The van der Waals surface area contributed by atoms with E-state index >= 15 is 0 Å². The molecule has 4 nitrogen and oxygen atoms in total. The lowest BCUT2D eigenvalue weighted by Gasteiger charge is -2.26. The summed E-state index contributed by atoms with van der Waals surface area (Å²) in [7, 11) is -3.75. The van der Waals surface area contributed by atoms with Crippen molar-refractivity contribution < 1.29 is 12.8 Å². The lowest BCUT2D eigenvalue weighted by atomic mass is 10.3. The molecule has 0 fully saturated rings. The number of halogens is 2. The maximum atomic E-state index is 12.3. The Morgan fingerprint density at radius 2 is 2.06 bits per heavy atom. The minimum Gasteiger partial charge on any atom is -0.312 e. The third-order valence-corrected chi connectivity index (χ3v) is 3.86. The Hall–Kier alpha value is -1.14. The molecule has 0 bridgehead atoms. The van der Waals surface area contributed by atoms with Gasteiger partial charge in [-0.3, -0.25) is 0 Å². The Kier molecular flexibility index (Phi) is 2.86. The van der Waals surface area contributed by atoms with Crippen LogP contribution in [0.1, 0.15) is 0 Å². The van der Waals surface area contributed by atoms with Gasteiger partial charge in [0.2, 0.25) is 5.29 Å². The van der Waals surface area contributed by atoms with Crippen LogP contribution in [-0.4, -0.2) is 26.9 Å². The molecule has 0 amide bonds. The number of anilines is 1. The highest BCUT2D eigenvalue weighted by molar-refractivity contribution is 7.90. The number of sulfonamides is 1. The molecule has 16 heavy (non-hydrogen) atoms. The fraction of sp³-hybridized carbons (Fsp3) is 0.222. The van der Waals surface area contributed by atoms with E-state index in [0.717, 1.165) is 0 Å². The van der Waals surface area contributed by atoms with Crippen molar-refractivity contribution in [2.75, 3.05) is 18.1 Å². The molecular weight excluding hydrogens is 255 g/mol. The smallest absolute Gasteiger partial charge is 0.287 e. The van der Waals surface area contributed by atoms with E-state index in [-0.39, 0.29) is 16.7 Å². The molecule has 0 unspecified atom stereocenters. The number of para-hydroxylation sites is 1. The van der Waals surface area contributed by atoms with Crippen LogP contribution in [0.3, 0.4) is 0 Å². The third kappa shape index (κ3) is 1.78. The highest BCUT2D eigenvalue weighted by atomic mass is 35.5. The normalized spacial score (nSPS) is 17.9. The van der Waals surface area contributed by atoms with Crippen molar-refractivity contribution in [1.82, 2.24) is 0 Å². The zero-order chi connectivity index (χ0) is 11.8. The average Bonchev–Trinajstić information content (AvgIpc) is 2.24. The van der Waals surface area contributed by atoms with Gasteiger partial charge in [0.15, 0.2) is 0 Å². The summed E-state index contributed by atoms with van der Waals surface area (Å²) in [5.74, 6) is 0. The van der Waals surface area contributed by atoms with Gasteiger partial charge in [-0.1, -0.05) is 12.1 Å². The molecule has 7 heteroatoms. The number of fused-ring (bicyclic) bond motifs is 1. The number of hydrogen-bond acceptors (Lipinski definition) is 3. The molecule has 0 aromatic heterocycles. The maximum absolute atomic E-state index is 12.3. The second kappa shape index (κ2) is 4.03. The van der Waals surface area contributed by atoms with E-state index in [1.807, 2.05) is 0 Å². The SMILES string of the molecule is O=S1(=O)N=C(Cl)N(CCF)c2ccccc21. The van der Waals surface area contributed by atoms with Crippen LogP contribution >= 0.6 is 11.6 Å². The van der Waals surface area contributed by atoms with Gasteiger partial charge in [-0.25, -0.2) is 4.39 Å². The van der Waals surface area contributed by atoms with Gasteiger partial charge in [0, 0.05) is 0 Å². The van der Waals surface area contributed by atoms with Gasteiger partial charge in [0.25, 0.3) is 10.0 Å². The predicted molar refractivity (Wildman–Crippen MR) is 60.2 cm³/mol. The van der Waals surface area contributed by atoms with Crippen molar-refractivity contribution >= 4 is 32.6 Å². The summed E-state index contributed by atoms with van der Waals surface area (Å²) in [5.41, 5.74) is 0.361. The van der Waals surface area contributed by atoms with Gasteiger partial charge in [0.1, 0.15) is 11.6 Å². The van der Waals surface area contributed by atoms with E-state index in [1.165, 1.54) is 11.0 Å². The van der Waals surface area contributed by atoms with Gasteiger partial charge >= 0.3 is 0 Å². The number of alkyl halides is 1. The van der Waals surface area contributed by atoms with Gasteiger partial charge < -0.3 is 4.90 Å². The van der Waals surface area contributed by atoms with Crippen LogP contribution in [0.4, 0.5) is 10.1 Å². The Bertz CT molecular complexity index is 544. The molecule has 1 aromatic rings. The minimum absolute atomic E-state index is 0.0190. The first-order chi connectivity index (χ1) is 7.56. The quantitative estimate of drug-likeness (QED) is 0.763. The largest absolute Gasteiger partial charge is 0.312 e. The minimum atomic E-state index is -3.75. The van der Waals surface area contributed by atoms with Crippen molar-refractivity contribution in [2.24, 2.45) is 4.40 Å². The summed E-state index contributed by atoms with van der Waals surface area (Å²) in [6, 6.07) is 6.23. The Morgan fingerprint density at radius 1 is 1.38 bits per heavy atom. The van der Waals surface area contributed by atoms with Gasteiger partial charge in [0.05, 0.1) is 12.2 Å². The molecule has 0 saturated carbocycles. The van der Waals surface area contributed by atoms with Crippen molar-refractivity contribution in [3.8, 4) is 0 Å². The van der Waals surface area contributed by atoms with E-state index < -0.39 is 16.7 Å². The maximum Gasteiger partial charge on any atom is 0.287 e. The third-order valence-electron chi connectivity index (χ3n) is 2.16. The fourth-order valence-corrected chi connectivity index (χ4v) is 3.03. The molecule has 1 aromatic carbocycles. The Morgan fingerprint density at radius 3 is 2.75 bits per heavy atom. The first-order valence-corrected chi connectivity index (χ1v) is 6.31. The highest BCUT2D eigenvalue weighted by Crippen LogP contribution is 2.31. The number of rotatable bonds is 2. The number of hydrogen-bond donors (Lipinski definition) is 0. The second-order valence-corrected chi connectivity index (χ2v) is 5.05. The van der Waals surface area contributed by atoms with Gasteiger partial charge in [-0.2, -0.15) is 8.42 Å². The lowest BCUT2D eigenvalue weighted by Crippen LogP contribution is -2.34. The van der Waals surface area contributed by atoms with E-state index in [9.17, 15) is 12.8 Å². The first-order valence-electron chi connectivity index (χ1n) is 4.49. The van der Waals surface area contributed by atoms with Crippen LogP contribution in [0, 0.1) is 0 Å². The van der Waals surface area contributed by atoms with Crippen LogP contribution in [-0.2, 0) is 10.0 Å². The summed E-state index contributed by atoms with van der Waals surface area (Å²) < 4.78 is 39.0. The summed E-state index contributed by atoms with van der Waals surface area (Å²) in [4.78, 5) is 1.38. The monoisotopic (exact) mass is 262 g/mol. The van der Waals surface area contributed by atoms with Crippen LogP contribution in [0.25, 0.3) is 0 Å². The summed E-state index contributed by atoms with van der Waals surface area (Å²) >= 11 is 5.70. The second-order valence-electron chi connectivity index (χ2n) is 3.14. The molecule has 2 rings (SSSR count). The Balaban J connectivity index is 2.62. The molecule has 0 radical (unpaired) electrons. The summed E-state index contributed by atoms with van der Waals surface area (Å²) in [6.07, 6.45) is 0. The fourth-order valence-electron chi connectivity index (χ4n) is 1.49. The molecule has 1 aliphatic heterocycles. The zero-order valence-electron chi connectivity index (χ0n) is 8.10. The van der Waals surface area contributed by atoms with E-state index in [2.05, 4.69) is 4.40 Å². The molecule has 0 N–H and O–H groups in total. The van der Waals surface area contributed by atoms with Crippen molar-refractivity contribution in [2.45, 2.75) is 4.90 Å². The molecule has 0 atom stereocenters. The Labute approximate surface area is 97.4 Å². The summed E-state index contributed by atoms with van der Waals surface area (Å²) in [6.45, 7) is -0.658. The molecule has 0 aliphatic carbocycles. The van der Waals surface area contributed by atoms with Crippen molar-refractivity contribution in [1.29, 1.82) is 0 Å². The molecule has 86 valence electrons. The van der Waals surface area contributed by atoms with Crippen LogP contribution in [0.15, 0.2) is 33.6 Å². The van der Waals surface area contributed by atoms with E-state index in [1.54, 1.807) is 18.2 Å². The molecule has 1 heterocycles. The standard InChI is InChI=1S/C9H8ClFN2O2S/c10-9-12-16(14,15)8-4-2-1-3-7(8)13(9)6-5-11/h1-4H,5-6H2. The highest BCUT2D eigenvalue weighted by Gasteiger charge is 2.29. The van der Waals surface area contributed by atoms with Crippen molar-refractivity contribution in [3.05, 3.63) is 24.3 Å². The predicted octanol–water partition coefficient (Wildman–Crippen LogP) is 1.76. The summed E-state index contributed by atoms with van der Waals surface area (Å²) in [5, 5.41) is -0.226. The topological polar surface area (TPSA) is 49.7 Å². The average molecular weight is 263 g/mol. The van der Waals surface area contributed by atoms with Crippen molar-refractivity contribution in [3.63, 3.8) is 0 Å². The molecular formula is C9H8ClFN2O2S. The lowest BCUT2D eigenvalue weighted by molar-refractivity contribution is 0.502. The van der Waals surface area contributed by atoms with Crippen LogP contribution in [0.5, 0.6) is 0 Å². The number of amidine groups is 1. The molecule has 0 saturated heterocycles. The van der Waals surface area contributed by atoms with Gasteiger partial charge in [-0.15, -0.1) is 4.40 Å². The molecule has 1 aliphatic rings. The van der Waals surface area contributed by atoms with E-state index in [4.69, 9.17) is 11.6 Å². The van der Waals surface area contributed by atoms with E-state index in [0.29, 0.717) is 5.69 Å². The molecule has 0 spiro atoms. The van der Waals surface area contributed by atoms with Crippen LogP contribution in [0.2, 0.25) is 0 Å². The number of nitrogens with zero attached hydrogens (tertiary/aromatic N) is 2. The van der Waals surface area contributed by atoms with Gasteiger partial charge in [-0.05, 0) is 23.7 Å². The zero-order valence-corrected chi connectivity index (χ0v) is 9.67. The first kappa shape index (κ1) is 11.3. The number of benzene rings is 1. The van der Waals surface area contributed by atoms with Crippen LogP contribution < -0.4 is 4.90 Å².